The van der Waals surface area contributed by atoms with Gasteiger partial charge in [-0.15, -0.1) is 0 Å². The molecule has 0 aromatic rings. The third kappa shape index (κ3) is 4.48. The molecular formula is C12H19ClO5. The van der Waals surface area contributed by atoms with Crippen molar-refractivity contribution in [2.24, 2.45) is 0 Å². The molecule has 5 nitrogen and oxygen atoms in total. The van der Waals surface area contributed by atoms with Crippen LogP contribution in [0.25, 0.3) is 0 Å². The highest BCUT2D eigenvalue weighted by atomic mass is 35.5. The number of aliphatic hydroxyl groups is 2. The Balaban J connectivity index is 4.42. The van der Waals surface area contributed by atoms with Crippen LogP contribution >= 0.6 is 11.6 Å². The number of ketones is 2. The number of halogens is 1. The summed E-state index contributed by atoms with van der Waals surface area (Å²) >= 11 is 5.07. The molecule has 6 heteroatoms. The first-order valence-electron chi connectivity index (χ1n) is 6.01. The van der Waals surface area contributed by atoms with Crippen molar-refractivity contribution < 1.29 is 24.6 Å². The van der Waals surface area contributed by atoms with Crippen molar-refractivity contribution in [3.05, 3.63) is 0 Å². The zero-order valence-electron chi connectivity index (χ0n) is 10.4. The Morgan fingerprint density at radius 3 is 2.06 bits per heavy atom. The predicted molar refractivity (Wildman–Crippen MR) is 66.3 cm³/mol. The molecule has 0 spiro atoms. The molecule has 0 radical (unpaired) electrons. The molecule has 0 amide bonds. The van der Waals surface area contributed by atoms with Crippen LogP contribution in [0.3, 0.4) is 0 Å². The zero-order chi connectivity index (χ0) is 14.2. The monoisotopic (exact) mass is 278 g/mol. The van der Waals surface area contributed by atoms with Crippen molar-refractivity contribution in [3.8, 4) is 0 Å². The highest BCUT2D eigenvalue weighted by Crippen LogP contribution is 2.17. The van der Waals surface area contributed by atoms with Gasteiger partial charge in [-0.05, 0) is 18.0 Å². The van der Waals surface area contributed by atoms with Gasteiger partial charge in [-0.2, -0.15) is 0 Å². The van der Waals surface area contributed by atoms with E-state index < -0.39 is 29.0 Å². The normalized spacial score (nSPS) is 14.0. The molecule has 0 rings (SSSR count). The van der Waals surface area contributed by atoms with Crippen LogP contribution in [0.1, 0.15) is 45.4 Å². The largest absolute Gasteiger partial charge is 0.388 e. The van der Waals surface area contributed by atoms with Crippen LogP contribution in [-0.4, -0.2) is 39.2 Å². The maximum Gasteiger partial charge on any atom is 0.269 e. The molecule has 0 aliphatic heterocycles. The van der Waals surface area contributed by atoms with E-state index in [9.17, 15) is 19.5 Å². The summed E-state index contributed by atoms with van der Waals surface area (Å²) in [5.41, 5.74) is -2.89. The number of hydrogen-bond donors (Lipinski definition) is 2. The number of Topliss-reactive ketones (excluding diaryl/α,β-unsaturated/α-hetero) is 2. The van der Waals surface area contributed by atoms with Crippen molar-refractivity contribution in [2.45, 2.75) is 51.0 Å². The van der Waals surface area contributed by atoms with Crippen molar-refractivity contribution in [3.63, 3.8) is 0 Å². The second-order valence-electron chi connectivity index (χ2n) is 4.15. The molecule has 0 bridgehead atoms. The molecule has 0 aromatic heterocycles. The molecule has 104 valence electrons. The Hall–Kier alpha value is -0.780. The molecule has 0 aliphatic rings. The number of aliphatic hydroxyl groups excluding tert-OH is 1. The Kier molecular flexibility index (Phi) is 7.98. The van der Waals surface area contributed by atoms with Gasteiger partial charge in [-0.3, -0.25) is 14.4 Å². The maximum atomic E-state index is 11.7. The minimum Gasteiger partial charge on any atom is -0.388 e. The fourth-order valence-corrected chi connectivity index (χ4v) is 1.77. The van der Waals surface area contributed by atoms with Gasteiger partial charge in [0.25, 0.3) is 10.8 Å². The minimum atomic E-state index is -2.89. The molecular weight excluding hydrogens is 260 g/mol. The second-order valence-corrected chi connectivity index (χ2v) is 4.50. The fraction of sp³-hybridized carbons (Fsp3) is 0.750. The van der Waals surface area contributed by atoms with E-state index in [1.165, 1.54) is 0 Å². The SMILES string of the molecule is CCCCCCCC(=O)C(O)(C(=O)Cl)C(=O)CO. The standard InChI is InChI=1S/C12H19ClO5/c1-2-3-4-5-6-7-9(15)12(18,11(13)17)10(16)8-14/h14,18H,2-8H2,1H3. The molecule has 0 aromatic carbocycles. The van der Waals surface area contributed by atoms with Gasteiger partial charge in [0.2, 0.25) is 5.78 Å². The van der Waals surface area contributed by atoms with Gasteiger partial charge in [0.1, 0.15) is 6.61 Å². The number of carbonyl (C=O) groups is 3. The van der Waals surface area contributed by atoms with Gasteiger partial charge >= 0.3 is 0 Å². The van der Waals surface area contributed by atoms with Gasteiger partial charge < -0.3 is 10.2 Å². The molecule has 0 saturated carbocycles. The Morgan fingerprint density at radius 2 is 1.61 bits per heavy atom. The predicted octanol–water partition coefficient (Wildman–Crippen LogP) is 0.974. The summed E-state index contributed by atoms with van der Waals surface area (Å²) in [7, 11) is 0. The van der Waals surface area contributed by atoms with E-state index in [0.717, 1.165) is 25.7 Å². The summed E-state index contributed by atoms with van der Waals surface area (Å²) in [6.07, 6.45) is 4.20. The van der Waals surface area contributed by atoms with Crippen molar-refractivity contribution in [1.82, 2.24) is 0 Å². The van der Waals surface area contributed by atoms with E-state index in [1.54, 1.807) is 0 Å². The van der Waals surface area contributed by atoms with E-state index >= 15 is 0 Å². The topological polar surface area (TPSA) is 91.7 Å². The number of hydrogen-bond acceptors (Lipinski definition) is 5. The molecule has 0 aliphatic carbocycles. The van der Waals surface area contributed by atoms with Gasteiger partial charge in [0, 0.05) is 6.42 Å². The Labute approximate surface area is 111 Å². The van der Waals surface area contributed by atoms with Crippen LogP contribution in [0.15, 0.2) is 0 Å². The van der Waals surface area contributed by atoms with Crippen molar-refractivity contribution in [1.29, 1.82) is 0 Å². The molecule has 1 unspecified atom stereocenters. The van der Waals surface area contributed by atoms with Crippen LogP contribution in [0.5, 0.6) is 0 Å². The van der Waals surface area contributed by atoms with E-state index in [0.29, 0.717) is 6.42 Å². The number of carbonyl (C=O) groups excluding carboxylic acids is 3. The lowest BCUT2D eigenvalue weighted by molar-refractivity contribution is -0.157. The van der Waals surface area contributed by atoms with E-state index in [4.69, 9.17) is 16.7 Å². The van der Waals surface area contributed by atoms with Crippen LogP contribution in [0.2, 0.25) is 0 Å². The van der Waals surface area contributed by atoms with Crippen LogP contribution in [0, 0.1) is 0 Å². The first kappa shape index (κ1) is 17.2. The average molecular weight is 279 g/mol. The van der Waals surface area contributed by atoms with E-state index in [2.05, 4.69) is 6.92 Å². The smallest absolute Gasteiger partial charge is 0.269 e. The summed E-state index contributed by atoms with van der Waals surface area (Å²) in [6.45, 7) is 0.951. The van der Waals surface area contributed by atoms with Gasteiger partial charge in [-0.25, -0.2) is 0 Å². The Bertz CT molecular complexity index is 316. The third-order valence-electron chi connectivity index (χ3n) is 2.74. The molecule has 2 N–H and O–H groups in total. The fourth-order valence-electron chi connectivity index (χ4n) is 1.56. The lowest BCUT2D eigenvalue weighted by Gasteiger charge is -2.19. The van der Waals surface area contributed by atoms with Crippen LogP contribution in [-0.2, 0) is 14.4 Å². The van der Waals surface area contributed by atoms with Crippen molar-refractivity contribution >= 4 is 28.4 Å². The van der Waals surface area contributed by atoms with E-state index in [-0.39, 0.29) is 6.42 Å². The van der Waals surface area contributed by atoms with Gasteiger partial charge in [-0.1, -0.05) is 32.6 Å². The van der Waals surface area contributed by atoms with Crippen LogP contribution < -0.4 is 0 Å². The third-order valence-corrected chi connectivity index (χ3v) is 3.02. The molecule has 18 heavy (non-hydrogen) atoms. The Morgan fingerprint density at radius 1 is 1.06 bits per heavy atom. The highest BCUT2D eigenvalue weighted by molar-refractivity contribution is 6.70. The van der Waals surface area contributed by atoms with Crippen molar-refractivity contribution in [2.75, 3.05) is 6.61 Å². The summed E-state index contributed by atoms with van der Waals surface area (Å²) in [4.78, 5) is 33.9. The highest BCUT2D eigenvalue weighted by Gasteiger charge is 2.48. The van der Waals surface area contributed by atoms with Gasteiger partial charge in [0.15, 0.2) is 5.78 Å². The molecule has 0 heterocycles. The van der Waals surface area contributed by atoms with Gasteiger partial charge in [0.05, 0.1) is 0 Å². The number of unbranched alkanes of at least 4 members (excludes halogenated alkanes) is 4. The number of rotatable bonds is 10. The zero-order valence-corrected chi connectivity index (χ0v) is 11.2. The summed E-state index contributed by atoms with van der Waals surface area (Å²) in [6, 6.07) is 0. The maximum absolute atomic E-state index is 11.7. The summed E-state index contributed by atoms with van der Waals surface area (Å²) < 4.78 is 0. The molecule has 1 atom stereocenters. The van der Waals surface area contributed by atoms with E-state index in [1.807, 2.05) is 0 Å². The molecule has 0 saturated heterocycles. The quantitative estimate of drug-likeness (QED) is 0.353. The minimum absolute atomic E-state index is 0.107. The van der Waals surface area contributed by atoms with Crippen LogP contribution in [0.4, 0.5) is 0 Å². The lowest BCUT2D eigenvalue weighted by atomic mass is 9.91. The second kappa shape index (κ2) is 8.34. The molecule has 0 fully saturated rings. The first-order chi connectivity index (χ1) is 8.41. The first-order valence-corrected chi connectivity index (χ1v) is 6.38. The summed E-state index contributed by atoms with van der Waals surface area (Å²) in [5, 5.41) is 16.9. The average Bonchev–Trinajstić information content (AvgIpc) is 2.35. The lowest BCUT2D eigenvalue weighted by Crippen LogP contribution is -2.52. The summed E-state index contributed by atoms with van der Waals surface area (Å²) in [5.74, 6) is -2.22.